The smallest absolute Gasteiger partial charge is 0.368 e. The summed E-state index contributed by atoms with van der Waals surface area (Å²) in [7, 11) is 0. The average molecular weight is 401 g/mol. The van der Waals surface area contributed by atoms with E-state index in [0.29, 0.717) is 5.56 Å². The second-order valence-corrected chi connectivity index (χ2v) is 7.27. The molecule has 0 unspecified atom stereocenters. The molecular weight excluding hydrogens is 379 g/mol. The van der Waals surface area contributed by atoms with Gasteiger partial charge in [0.2, 0.25) is 0 Å². The van der Waals surface area contributed by atoms with Gasteiger partial charge in [-0.05, 0) is 38.1 Å². The fourth-order valence-corrected chi connectivity index (χ4v) is 3.54. The Kier molecular flexibility index (Phi) is 4.94. The standard InChI is InChI=1S/C21H22F3N5/c1-14-3-6-17(7-4-14)28-9-11-29(12-10-28)18-8-5-16(13-25-18)20-26-15(2)19(27-20)21(22,23)24/h3-8,13H,9-12H2,1-2H3,(H,26,27). The molecule has 1 aliphatic heterocycles. The fraction of sp³-hybridized carbons (Fsp3) is 0.333. The highest BCUT2D eigenvalue weighted by Crippen LogP contribution is 2.32. The van der Waals surface area contributed by atoms with Crippen LogP contribution in [0.15, 0.2) is 42.6 Å². The third-order valence-corrected chi connectivity index (χ3v) is 5.18. The van der Waals surface area contributed by atoms with E-state index in [1.54, 1.807) is 12.3 Å². The van der Waals surface area contributed by atoms with E-state index in [0.717, 1.165) is 32.0 Å². The SMILES string of the molecule is Cc1ccc(N2CCN(c3ccc(-c4nc(C(F)(F)F)c(C)[nH]4)cn3)CC2)cc1. The lowest BCUT2D eigenvalue weighted by Gasteiger charge is -2.36. The molecule has 0 spiro atoms. The van der Waals surface area contributed by atoms with E-state index < -0.39 is 11.9 Å². The molecule has 8 heteroatoms. The van der Waals surface area contributed by atoms with Crippen LogP contribution in [0.4, 0.5) is 24.7 Å². The second-order valence-electron chi connectivity index (χ2n) is 7.27. The number of anilines is 2. The molecule has 29 heavy (non-hydrogen) atoms. The van der Waals surface area contributed by atoms with Gasteiger partial charge in [0.25, 0.3) is 0 Å². The Balaban J connectivity index is 1.43. The highest BCUT2D eigenvalue weighted by Gasteiger charge is 2.36. The maximum absolute atomic E-state index is 12.9. The maximum Gasteiger partial charge on any atom is 0.435 e. The van der Waals surface area contributed by atoms with Crippen LogP contribution in [-0.2, 0) is 6.18 Å². The van der Waals surface area contributed by atoms with Crippen molar-refractivity contribution in [2.75, 3.05) is 36.0 Å². The molecule has 5 nitrogen and oxygen atoms in total. The predicted octanol–water partition coefficient (Wildman–Crippen LogP) is 4.43. The number of piperazine rings is 1. The summed E-state index contributed by atoms with van der Waals surface area (Å²) >= 11 is 0. The fourth-order valence-electron chi connectivity index (χ4n) is 3.54. The number of rotatable bonds is 3. The van der Waals surface area contributed by atoms with Crippen molar-refractivity contribution in [2.45, 2.75) is 20.0 Å². The van der Waals surface area contributed by atoms with Crippen LogP contribution in [0.2, 0.25) is 0 Å². The van der Waals surface area contributed by atoms with Crippen molar-refractivity contribution in [2.24, 2.45) is 0 Å². The number of nitrogens with one attached hydrogen (secondary N) is 1. The van der Waals surface area contributed by atoms with Crippen LogP contribution >= 0.6 is 0 Å². The second kappa shape index (κ2) is 7.42. The monoisotopic (exact) mass is 401 g/mol. The number of hydrogen-bond donors (Lipinski definition) is 1. The van der Waals surface area contributed by atoms with Gasteiger partial charge >= 0.3 is 6.18 Å². The van der Waals surface area contributed by atoms with Gasteiger partial charge in [-0.25, -0.2) is 9.97 Å². The van der Waals surface area contributed by atoms with Crippen LogP contribution < -0.4 is 9.80 Å². The molecule has 2 aromatic heterocycles. The number of pyridine rings is 1. The van der Waals surface area contributed by atoms with Gasteiger partial charge in [-0.1, -0.05) is 17.7 Å². The highest BCUT2D eigenvalue weighted by molar-refractivity contribution is 5.58. The van der Waals surface area contributed by atoms with Crippen molar-refractivity contribution in [3.8, 4) is 11.4 Å². The number of imidazole rings is 1. The number of benzene rings is 1. The van der Waals surface area contributed by atoms with Gasteiger partial charge in [0.15, 0.2) is 5.69 Å². The van der Waals surface area contributed by atoms with Gasteiger partial charge in [0.1, 0.15) is 11.6 Å². The lowest BCUT2D eigenvalue weighted by atomic mass is 10.2. The number of hydrogen-bond acceptors (Lipinski definition) is 4. The molecule has 152 valence electrons. The Morgan fingerprint density at radius 1 is 0.897 bits per heavy atom. The molecule has 1 fully saturated rings. The largest absolute Gasteiger partial charge is 0.435 e. The number of aromatic amines is 1. The van der Waals surface area contributed by atoms with Gasteiger partial charge in [0, 0.05) is 49.3 Å². The van der Waals surface area contributed by atoms with Crippen LogP contribution in [0.1, 0.15) is 17.0 Å². The molecule has 0 bridgehead atoms. The van der Waals surface area contributed by atoms with Crippen molar-refractivity contribution in [1.82, 2.24) is 15.0 Å². The molecule has 0 atom stereocenters. The zero-order valence-corrected chi connectivity index (χ0v) is 16.3. The number of aromatic nitrogens is 3. The molecule has 1 aromatic carbocycles. The van der Waals surface area contributed by atoms with Crippen molar-refractivity contribution >= 4 is 11.5 Å². The summed E-state index contributed by atoms with van der Waals surface area (Å²) in [6.07, 6.45) is -2.90. The lowest BCUT2D eigenvalue weighted by molar-refractivity contribution is -0.141. The Labute approximate surface area is 167 Å². The topological polar surface area (TPSA) is 48.0 Å². The minimum atomic E-state index is -4.47. The van der Waals surface area contributed by atoms with E-state index in [2.05, 4.69) is 55.9 Å². The predicted molar refractivity (Wildman–Crippen MR) is 107 cm³/mol. The van der Waals surface area contributed by atoms with Crippen molar-refractivity contribution in [3.05, 3.63) is 59.5 Å². The Hall–Kier alpha value is -3.03. The lowest BCUT2D eigenvalue weighted by Crippen LogP contribution is -2.46. The summed E-state index contributed by atoms with van der Waals surface area (Å²) in [5.41, 5.74) is 2.11. The third kappa shape index (κ3) is 4.06. The molecule has 3 aromatic rings. The van der Waals surface area contributed by atoms with Gasteiger partial charge in [-0.3, -0.25) is 0 Å². The minimum Gasteiger partial charge on any atom is -0.368 e. The Bertz CT molecular complexity index is 969. The van der Waals surface area contributed by atoms with Crippen molar-refractivity contribution < 1.29 is 13.2 Å². The normalized spacial score (nSPS) is 15.1. The molecule has 0 amide bonds. The molecule has 1 aliphatic rings. The summed E-state index contributed by atoms with van der Waals surface area (Å²) in [5, 5.41) is 0. The van der Waals surface area contributed by atoms with Crippen LogP contribution in [0.3, 0.4) is 0 Å². The van der Waals surface area contributed by atoms with Crippen LogP contribution in [0.25, 0.3) is 11.4 Å². The third-order valence-electron chi connectivity index (χ3n) is 5.18. The van der Waals surface area contributed by atoms with E-state index in [9.17, 15) is 13.2 Å². The molecule has 1 saturated heterocycles. The Morgan fingerprint density at radius 2 is 1.55 bits per heavy atom. The van der Waals surface area contributed by atoms with E-state index in [-0.39, 0.29) is 11.5 Å². The first-order valence-electron chi connectivity index (χ1n) is 9.48. The summed E-state index contributed by atoms with van der Waals surface area (Å²) < 4.78 is 38.8. The first kappa shape index (κ1) is 19.3. The molecule has 0 saturated carbocycles. The number of nitrogens with zero attached hydrogens (tertiary/aromatic N) is 4. The number of alkyl halides is 3. The molecule has 0 aliphatic carbocycles. The minimum absolute atomic E-state index is 0.00352. The van der Waals surface area contributed by atoms with E-state index >= 15 is 0 Å². The average Bonchev–Trinajstić information content (AvgIpc) is 3.11. The quantitative estimate of drug-likeness (QED) is 0.705. The molecular formula is C21H22F3N5. The van der Waals surface area contributed by atoms with Gasteiger partial charge < -0.3 is 14.8 Å². The number of halogens is 3. The van der Waals surface area contributed by atoms with Gasteiger partial charge in [-0.15, -0.1) is 0 Å². The molecule has 1 N–H and O–H groups in total. The van der Waals surface area contributed by atoms with E-state index in [4.69, 9.17) is 0 Å². The first-order valence-corrected chi connectivity index (χ1v) is 9.48. The van der Waals surface area contributed by atoms with E-state index in [1.807, 2.05) is 6.07 Å². The Morgan fingerprint density at radius 3 is 2.10 bits per heavy atom. The summed E-state index contributed by atoms with van der Waals surface area (Å²) in [6.45, 7) is 6.88. The zero-order valence-electron chi connectivity index (χ0n) is 16.3. The number of aryl methyl sites for hydroxylation is 2. The van der Waals surface area contributed by atoms with Gasteiger partial charge in [-0.2, -0.15) is 13.2 Å². The van der Waals surface area contributed by atoms with E-state index in [1.165, 1.54) is 18.2 Å². The molecule has 0 radical (unpaired) electrons. The molecule has 4 rings (SSSR count). The van der Waals surface area contributed by atoms with Crippen LogP contribution in [0, 0.1) is 13.8 Å². The van der Waals surface area contributed by atoms with Gasteiger partial charge in [0.05, 0.1) is 0 Å². The summed E-state index contributed by atoms with van der Waals surface area (Å²) in [6, 6.07) is 12.1. The highest BCUT2D eigenvalue weighted by atomic mass is 19.4. The van der Waals surface area contributed by atoms with Crippen molar-refractivity contribution in [3.63, 3.8) is 0 Å². The van der Waals surface area contributed by atoms with Crippen LogP contribution in [0.5, 0.6) is 0 Å². The molecule has 3 heterocycles. The summed E-state index contributed by atoms with van der Waals surface area (Å²) in [4.78, 5) is 15.4. The number of H-pyrrole nitrogens is 1. The first-order chi connectivity index (χ1) is 13.8. The summed E-state index contributed by atoms with van der Waals surface area (Å²) in [5.74, 6) is 0.995. The maximum atomic E-state index is 12.9. The zero-order chi connectivity index (χ0) is 20.6. The van der Waals surface area contributed by atoms with Crippen molar-refractivity contribution in [1.29, 1.82) is 0 Å². The van der Waals surface area contributed by atoms with Crippen LogP contribution in [-0.4, -0.2) is 41.1 Å².